The Labute approximate surface area is 414 Å². The maximum absolute atomic E-state index is 13.5. The molecule has 0 bridgehead atoms. The van der Waals surface area contributed by atoms with E-state index in [2.05, 4.69) is 62.5 Å². The van der Waals surface area contributed by atoms with E-state index in [1.54, 1.807) is 0 Å². The summed E-state index contributed by atoms with van der Waals surface area (Å²) < 4.78 is 30.6. The molecule has 0 heterocycles. The second-order valence-corrected chi connectivity index (χ2v) is 21.6. The Kier molecular flexibility index (Phi) is 46.2. The Balaban J connectivity index is 5.40. The second kappa shape index (κ2) is 47.6. The number of ether oxygens (including phenoxy) is 1. The van der Waals surface area contributed by atoms with Gasteiger partial charge in [0.2, 0.25) is 5.91 Å². The lowest BCUT2D eigenvalue weighted by Crippen LogP contribution is -2.47. The van der Waals surface area contributed by atoms with Gasteiger partial charge in [0, 0.05) is 12.8 Å². The molecule has 0 fully saturated rings. The fraction of sp³-hybridized carbons (Fsp3) is 0.825. The van der Waals surface area contributed by atoms with Crippen molar-refractivity contribution in [2.24, 2.45) is 0 Å². The Morgan fingerprint density at radius 1 is 0.537 bits per heavy atom. The van der Waals surface area contributed by atoms with Crippen LogP contribution >= 0.6 is 7.82 Å². The molecule has 67 heavy (non-hydrogen) atoms. The molecule has 3 unspecified atom stereocenters. The number of hydrogen-bond acceptors (Lipinski definition) is 6. The molecule has 10 heteroatoms. The quantitative estimate of drug-likeness (QED) is 0.0156. The van der Waals surface area contributed by atoms with Gasteiger partial charge in [0.15, 0.2) is 0 Å². The van der Waals surface area contributed by atoms with Crippen molar-refractivity contribution in [1.82, 2.24) is 5.32 Å². The van der Waals surface area contributed by atoms with E-state index >= 15 is 0 Å². The van der Waals surface area contributed by atoms with E-state index in [0.29, 0.717) is 17.4 Å². The smallest absolute Gasteiger partial charge is 0.456 e. The van der Waals surface area contributed by atoms with Gasteiger partial charge in [0.1, 0.15) is 19.3 Å². The number of nitrogens with one attached hydrogen (secondary N) is 1. The van der Waals surface area contributed by atoms with Gasteiger partial charge < -0.3 is 19.4 Å². The predicted octanol–water partition coefficient (Wildman–Crippen LogP) is 16.6. The van der Waals surface area contributed by atoms with E-state index in [1.807, 2.05) is 33.3 Å². The average molecular weight is 964 g/mol. The number of carbonyl (C=O) groups is 2. The molecule has 1 amide bonds. The molecule has 0 saturated heterocycles. The van der Waals surface area contributed by atoms with Crippen molar-refractivity contribution in [3.05, 3.63) is 48.6 Å². The lowest BCUT2D eigenvalue weighted by atomic mass is 10.0. The van der Waals surface area contributed by atoms with E-state index in [-0.39, 0.29) is 31.5 Å². The Bertz CT molecular complexity index is 1290. The third kappa shape index (κ3) is 48.8. The molecule has 0 aliphatic heterocycles. The topological polar surface area (TPSA) is 111 Å². The fourth-order valence-electron chi connectivity index (χ4n) is 8.00. The standard InChI is InChI=1S/C57H107N2O7P/c1-7-10-13-16-19-22-25-28-29-32-35-38-41-44-47-50-57(61)66-55(48-45-42-39-36-33-30-26-23-20-17-14-11-8-2)54(53-65-67(62,63)64-52-51-59(4,5)6)58-56(60)49-46-43-40-37-34-31-27-24-21-18-15-12-9-3/h10,13,16,19,22,25,45,48,54-55H,7-9,11-12,14-15,17-18,20-21,23-24,26-44,46-47,49-53H2,1-6H3,(H-,58,60,62,63)/p+1/b13-10+,19-16+,25-22+,48-45+. The molecule has 0 rings (SSSR count). The van der Waals surface area contributed by atoms with E-state index in [0.717, 1.165) is 77.0 Å². The van der Waals surface area contributed by atoms with Crippen LogP contribution in [0.2, 0.25) is 0 Å². The Morgan fingerprint density at radius 3 is 1.42 bits per heavy atom. The molecule has 9 nitrogen and oxygen atoms in total. The van der Waals surface area contributed by atoms with Gasteiger partial charge >= 0.3 is 13.8 Å². The SMILES string of the molecule is CC/C=C/C=C/C=C/CCCCCCCCCC(=O)OC(/C=C/CCCCCCCCCCCCC)C(COP(=O)(O)OCC[N+](C)(C)C)NC(=O)CCCCCCCCCCCCCCC. The summed E-state index contributed by atoms with van der Waals surface area (Å²) in [5, 5.41) is 3.04. The highest BCUT2D eigenvalue weighted by Gasteiger charge is 2.30. The normalized spacial score (nSPS) is 14.2. The first-order valence-electron chi connectivity index (χ1n) is 28.0. The van der Waals surface area contributed by atoms with E-state index in [9.17, 15) is 19.0 Å². The van der Waals surface area contributed by atoms with Gasteiger partial charge in [-0.05, 0) is 51.0 Å². The van der Waals surface area contributed by atoms with E-state index < -0.39 is 20.0 Å². The van der Waals surface area contributed by atoms with Crippen LogP contribution in [0.3, 0.4) is 0 Å². The van der Waals surface area contributed by atoms with Crippen LogP contribution < -0.4 is 5.32 Å². The number of amides is 1. The summed E-state index contributed by atoms with van der Waals surface area (Å²) in [5.41, 5.74) is 0. The third-order valence-corrected chi connectivity index (χ3v) is 13.3. The van der Waals surface area contributed by atoms with E-state index in [1.165, 1.54) is 141 Å². The number of rotatable bonds is 50. The number of carbonyl (C=O) groups excluding carboxylic acids is 2. The van der Waals surface area contributed by atoms with Crippen LogP contribution in [-0.2, 0) is 27.9 Å². The summed E-state index contributed by atoms with van der Waals surface area (Å²) in [5.74, 6) is -0.514. The summed E-state index contributed by atoms with van der Waals surface area (Å²) in [7, 11) is 1.49. The minimum absolute atomic E-state index is 0.0389. The first-order chi connectivity index (χ1) is 32.4. The predicted molar refractivity (Wildman–Crippen MR) is 286 cm³/mol. The molecule has 3 atom stereocenters. The number of nitrogens with zero attached hydrogens (tertiary/aromatic N) is 1. The summed E-state index contributed by atoms with van der Waals surface area (Å²) in [4.78, 5) is 37.5. The number of phosphoric ester groups is 1. The van der Waals surface area contributed by atoms with Gasteiger partial charge in [-0.15, -0.1) is 0 Å². The number of likely N-dealkylation sites (N-methyl/N-ethyl adjacent to an activating group) is 1. The lowest BCUT2D eigenvalue weighted by Gasteiger charge is -2.27. The molecular formula is C57H108N2O7P+. The monoisotopic (exact) mass is 964 g/mol. The molecule has 0 aromatic heterocycles. The van der Waals surface area contributed by atoms with Crippen molar-refractivity contribution >= 4 is 19.7 Å². The van der Waals surface area contributed by atoms with Crippen LogP contribution in [-0.4, -0.2) is 74.3 Å². The van der Waals surface area contributed by atoms with Gasteiger partial charge in [0.05, 0.1) is 33.8 Å². The Hall–Kier alpha value is -2.03. The average Bonchev–Trinajstić information content (AvgIpc) is 3.28. The van der Waals surface area contributed by atoms with E-state index in [4.69, 9.17) is 13.8 Å². The maximum Gasteiger partial charge on any atom is 0.472 e. The van der Waals surface area contributed by atoms with Crippen LogP contribution in [0, 0.1) is 0 Å². The van der Waals surface area contributed by atoms with Gasteiger partial charge in [-0.25, -0.2) is 4.57 Å². The van der Waals surface area contributed by atoms with Crippen LogP contribution in [0.15, 0.2) is 48.6 Å². The highest BCUT2D eigenvalue weighted by molar-refractivity contribution is 7.47. The zero-order valence-electron chi connectivity index (χ0n) is 44.6. The number of allylic oxidation sites excluding steroid dienone is 7. The van der Waals surface area contributed by atoms with Crippen LogP contribution in [0.4, 0.5) is 0 Å². The number of unbranched alkanes of at least 4 members (excludes halogenated alkanes) is 30. The second-order valence-electron chi connectivity index (χ2n) is 20.1. The molecule has 0 aromatic carbocycles. The zero-order valence-corrected chi connectivity index (χ0v) is 45.5. The molecule has 0 saturated carbocycles. The lowest BCUT2D eigenvalue weighted by molar-refractivity contribution is -0.870. The van der Waals surface area contributed by atoms with Gasteiger partial charge in [-0.1, -0.05) is 237 Å². The molecule has 2 N–H and O–H groups in total. The first kappa shape index (κ1) is 65.0. The van der Waals surface area contributed by atoms with Crippen LogP contribution in [0.25, 0.3) is 0 Å². The zero-order chi connectivity index (χ0) is 49.4. The summed E-state index contributed by atoms with van der Waals surface area (Å²) >= 11 is 0. The molecule has 0 radical (unpaired) electrons. The van der Waals surface area contributed by atoms with Gasteiger partial charge in [-0.2, -0.15) is 0 Å². The van der Waals surface area contributed by atoms with Gasteiger partial charge in [0.25, 0.3) is 0 Å². The maximum atomic E-state index is 13.5. The van der Waals surface area contributed by atoms with Gasteiger partial charge in [-0.3, -0.25) is 18.6 Å². The Morgan fingerprint density at radius 2 is 0.955 bits per heavy atom. The highest BCUT2D eigenvalue weighted by Crippen LogP contribution is 2.43. The molecule has 0 aromatic rings. The minimum atomic E-state index is -4.44. The van der Waals surface area contributed by atoms with Crippen molar-refractivity contribution in [3.63, 3.8) is 0 Å². The molecule has 0 aliphatic rings. The summed E-state index contributed by atoms with van der Waals surface area (Å²) in [6, 6.07) is -0.849. The summed E-state index contributed by atoms with van der Waals surface area (Å²) in [6.45, 7) is 6.88. The summed E-state index contributed by atoms with van der Waals surface area (Å²) in [6.07, 6.45) is 56.7. The largest absolute Gasteiger partial charge is 0.472 e. The fourth-order valence-corrected chi connectivity index (χ4v) is 8.73. The van der Waals surface area contributed by atoms with Crippen LogP contribution in [0.1, 0.15) is 252 Å². The molecule has 392 valence electrons. The first-order valence-corrected chi connectivity index (χ1v) is 29.5. The van der Waals surface area contributed by atoms with Crippen LogP contribution in [0.5, 0.6) is 0 Å². The van der Waals surface area contributed by atoms with Crippen molar-refractivity contribution in [2.45, 2.75) is 264 Å². The number of phosphoric acid groups is 1. The molecule has 0 aliphatic carbocycles. The highest BCUT2D eigenvalue weighted by atomic mass is 31.2. The third-order valence-electron chi connectivity index (χ3n) is 12.3. The number of quaternary nitrogens is 1. The van der Waals surface area contributed by atoms with Crippen molar-refractivity contribution < 1.29 is 37.3 Å². The molecule has 0 spiro atoms. The number of esters is 1. The van der Waals surface area contributed by atoms with Crippen molar-refractivity contribution in [3.8, 4) is 0 Å². The molecular weight excluding hydrogens is 856 g/mol. The van der Waals surface area contributed by atoms with Crippen molar-refractivity contribution in [2.75, 3.05) is 40.9 Å². The van der Waals surface area contributed by atoms with Crippen molar-refractivity contribution in [1.29, 1.82) is 0 Å². The number of hydrogen-bond donors (Lipinski definition) is 2. The minimum Gasteiger partial charge on any atom is -0.456 e.